The van der Waals surface area contributed by atoms with Gasteiger partial charge in [0.25, 0.3) is 5.91 Å². The van der Waals surface area contributed by atoms with Crippen LogP contribution in [0, 0.1) is 0 Å². The summed E-state index contributed by atoms with van der Waals surface area (Å²) in [4.78, 5) is 35.9. The molecule has 0 heterocycles. The molecule has 7 heteroatoms. The molecule has 2 rings (SSSR count). The second-order valence-corrected chi connectivity index (χ2v) is 7.03. The summed E-state index contributed by atoms with van der Waals surface area (Å²) in [5.74, 6) is -0.0225. The standard InChI is InChI=1S/C25H29NO6/c1-5-14-31-22-12-10-19(15-23(22)30-6-2)11-13-24(28)32-18(4)25(29)26-21-9-7-8-20(16-21)17(3)27/h7-13,15-16,18H,5-6,14H2,1-4H3,(H,26,29)/b13-11+. The average Bonchev–Trinajstić information content (AvgIpc) is 2.77. The first-order valence-electron chi connectivity index (χ1n) is 10.5. The van der Waals surface area contributed by atoms with E-state index in [2.05, 4.69) is 5.32 Å². The summed E-state index contributed by atoms with van der Waals surface area (Å²) in [6, 6.07) is 11.9. The molecule has 0 bridgehead atoms. The summed E-state index contributed by atoms with van der Waals surface area (Å²) < 4.78 is 16.4. The van der Waals surface area contributed by atoms with Gasteiger partial charge < -0.3 is 19.5 Å². The number of esters is 1. The smallest absolute Gasteiger partial charge is 0.331 e. The number of Topliss-reactive ketones (excluding diaryl/α,β-unsaturated/α-hetero) is 1. The molecule has 1 atom stereocenters. The fourth-order valence-electron chi connectivity index (χ4n) is 2.72. The molecular formula is C25H29NO6. The van der Waals surface area contributed by atoms with E-state index in [-0.39, 0.29) is 5.78 Å². The van der Waals surface area contributed by atoms with Crippen molar-refractivity contribution in [2.45, 2.75) is 40.2 Å². The summed E-state index contributed by atoms with van der Waals surface area (Å²) in [7, 11) is 0. The maximum absolute atomic E-state index is 12.3. The lowest BCUT2D eigenvalue weighted by Gasteiger charge is -2.13. The number of ether oxygens (including phenoxy) is 3. The van der Waals surface area contributed by atoms with E-state index in [1.807, 2.05) is 13.8 Å². The van der Waals surface area contributed by atoms with Crippen LogP contribution in [-0.2, 0) is 14.3 Å². The molecule has 7 nitrogen and oxygen atoms in total. The molecule has 1 unspecified atom stereocenters. The molecular weight excluding hydrogens is 410 g/mol. The van der Waals surface area contributed by atoms with Gasteiger partial charge in [0.05, 0.1) is 13.2 Å². The van der Waals surface area contributed by atoms with Gasteiger partial charge in [-0.25, -0.2) is 4.79 Å². The van der Waals surface area contributed by atoms with Crippen LogP contribution in [0.4, 0.5) is 5.69 Å². The maximum atomic E-state index is 12.3. The molecule has 170 valence electrons. The summed E-state index contributed by atoms with van der Waals surface area (Å²) >= 11 is 0. The topological polar surface area (TPSA) is 90.9 Å². The summed E-state index contributed by atoms with van der Waals surface area (Å²) in [6.45, 7) is 7.89. The van der Waals surface area contributed by atoms with E-state index in [0.29, 0.717) is 36.0 Å². The van der Waals surface area contributed by atoms with E-state index in [1.54, 1.807) is 48.5 Å². The Morgan fingerprint density at radius 3 is 2.50 bits per heavy atom. The first-order chi connectivity index (χ1) is 15.3. The molecule has 0 fully saturated rings. The van der Waals surface area contributed by atoms with Crippen LogP contribution in [0.2, 0.25) is 0 Å². The van der Waals surface area contributed by atoms with Gasteiger partial charge in [-0.2, -0.15) is 0 Å². The number of benzene rings is 2. The maximum Gasteiger partial charge on any atom is 0.331 e. The third-order valence-corrected chi connectivity index (χ3v) is 4.34. The Kier molecular flexibility index (Phi) is 9.47. The lowest BCUT2D eigenvalue weighted by Crippen LogP contribution is -2.29. The van der Waals surface area contributed by atoms with E-state index in [9.17, 15) is 14.4 Å². The lowest BCUT2D eigenvalue weighted by atomic mass is 10.1. The number of rotatable bonds is 11. The Morgan fingerprint density at radius 2 is 1.81 bits per heavy atom. The van der Waals surface area contributed by atoms with Crippen LogP contribution < -0.4 is 14.8 Å². The number of carbonyl (C=O) groups excluding carboxylic acids is 3. The first-order valence-corrected chi connectivity index (χ1v) is 10.5. The van der Waals surface area contributed by atoms with Crippen molar-refractivity contribution >= 4 is 29.4 Å². The third kappa shape index (κ3) is 7.58. The molecule has 32 heavy (non-hydrogen) atoms. The lowest BCUT2D eigenvalue weighted by molar-refractivity contribution is -0.148. The molecule has 0 aliphatic carbocycles. The summed E-state index contributed by atoms with van der Waals surface area (Å²) in [6.07, 6.45) is 2.69. The van der Waals surface area contributed by atoms with E-state index < -0.39 is 18.0 Å². The molecule has 2 aromatic rings. The third-order valence-electron chi connectivity index (χ3n) is 4.34. The first kappa shape index (κ1) is 24.7. The quantitative estimate of drug-likeness (QED) is 0.311. The molecule has 0 aliphatic rings. The van der Waals surface area contributed by atoms with Gasteiger partial charge in [0.2, 0.25) is 0 Å². The van der Waals surface area contributed by atoms with Crippen LogP contribution in [0.5, 0.6) is 11.5 Å². The summed E-state index contributed by atoms with van der Waals surface area (Å²) in [5.41, 5.74) is 1.66. The van der Waals surface area contributed by atoms with Gasteiger partial charge in [0.15, 0.2) is 23.4 Å². The SMILES string of the molecule is CCCOc1ccc(/C=C/C(=O)OC(C)C(=O)Nc2cccc(C(C)=O)c2)cc1OCC. The number of ketones is 1. The molecule has 0 saturated carbocycles. The van der Waals surface area contributed by atoms with E-state index in [0.717, 1.165) is 12.0 Å². The highest BCUT2D eigenvalue weighted by Crippen LogP contribution is 2.29. The highest BCUT2D eigenvalue weighted by atomic mass is 16.5. The van der Waals surface area contributed by atoms with Gasteiger partial charge in [0.1, 0.15) is 0 Å². The Bertz CT molecular complexity index is 982. The van der Waals surface area contributed by atoms with Crippen molar-refractivity contribution < 1.29 is 28.6 Å². The zero-order chi connectivity index (χ0) is 23.5. The number of anilines is 1. The molecule has 1 N–H and O–H groups in total. The number of nitrogens with one attached hydrogen (secondary N) is 1. The summed E-state index contributed by atoms with van der Waals surface area (Å²) in [5, 5.41) is 2.64. The Balaban J connectivity index is 1.97. The number of amides is 1. The van der Waals surface area contributed by atoms with Crippen molar-refractivity contribution in [1.29, 1.82) is 0 Å². The Hall–Kier alpha value is -3.61. The second-order valence-electron chi connectivity index (χ2n) is 7.03. The van der Waals surface area contributed by atoms with Crippen LogP contribution in [-0.4, -0.2) is 37.0 Å². The van der Waals surface area contributed by atoms with Crippen molar-refractivity contribution in [3.05, 3.63) is 59.7 Å². The Labute approximate surface area is 188 Å². The minimum atomic E-state index is -1.02. The fraction of sp³-hybridized carbons (Fsp3) is 0.320. The van der Waals surface area contributed by atoms with Gasteiger partial charge in [-0.1, -0.05) is 25.1 Å². The number of hydrogen-bond acceptors (Lipinski definition) is 6. The van der Waals surface area contributed by atoms with E-state index >= 15 is 0 Å². The van der Waals surface area contributed by atoms with E-state index in [1.165, 1.54) is 19.9 Å². The molecule has 0 spiro atoms. The van der Waals surface area contributed by atoms with Crippen LogP contribution in [0.3, 0.4) is 0 Å². The van der Waals surface area contributed by atoms with Crippen molar-refractivity contribution in [1.82, 2.24) is 0 Å². The highest BCUT2D eigenvalue weighted by molar-refractivity contribution is 5.99. The monoisotopic (exact) mass is 439 g/mol. The van der Waals surface area contributed by atoms with Gasteiger partial charge in [0, 0.05) is 17.3 Å². The molecule has 2 aromatic carbocycles. The second kappa shape index (κ2) is 12.3. The average molecular weight is 440 g/mol. The normalized spacial score (nSPS) is 11.6. The predicted octanol–water partition coefficient (Wildman–Crippen LogP) is 4.66. The number of hydrogen-bond donors (Lipinski definition) is 1. The van der Waals surface area contributed by atoms with Gasteiger partial charge in [-0.3, -0.25) is 9.59 Å². The number of carbonyl (C=O) groups is 3. The van der Waals surface area contributed by atoms with Crippen LogP contribution >= 0.6 is 0 Å². The highest BCUT2D eigenvalue weighted by Gasteiger charge is 2.17. The largest absolute Gasteiger partial charge is 0.490 e. The van der Waals surface area contributed by atoms with Crippen molar-refractivity contribution in [2.75, 3.05) is 18.5 Å². The van der Waals surface area contributed by atoms with Crippen LogP contribution in [0.15, 0.2) is 48.5 Å². The molecule has 0 saturated heterocycles. The molecule has 0 aromatic heterocycles. The van der Waals surface area contributed by atoms with Crippen LogP contribution in [0.25, 0.3) is 6.08 Å². The van der Waals surface area contributed by atoms with Gasteiger partial charge in [-0.15, -0.1) is 0 Å². The van der Waals surface area contributed by atoms with Crippen molar-refractivity contribution in [3.8, 4) is 11.5 Å². The van der Waals surface area contributed by atoms with Crippen molar-refractivity contribution in [3.63, 3.8) is 0 Å². The van der Waals surface area contributed by atoms with Crippen LogP contribution in [0.1, 0.15) is 50.0 Å². The van der Waals surface area contributed by atoms with Crippen molar-refractivity contribution in [2.24, 2.45) is 0 Å². The van der Waals surface area contributed by atoms with Gasteiger partial charge >= 0.3 is 5.97 Å². The molecule has 0 aliphatic heterocycles. The fourth-order valence-corrected chi connectivity index (χ4v) is 2.72. The molecule has 1 amide bonds. The Morgan fingerprint density at radius 1 is 1.03 bits per heavy atom. The van der Waals surface area contributed by atoms with Gasteiger partial charge in [-0.05, 0) is 63.1 Å². The predicted molar refractivity (Wildman–Crippen MR) is 123 cm³/mol. The zero-order valence-electron chi connectivity index (χ0n) is 18.8. The van der Waals surface area contributed by atoms with E-state index in [4.69, 9.17) is 14.2 Å². The molecule has 0 radical (unpaired) electrons. The zero-order valence-corrected chi connectivity index (χ0v) is 18.8. The minimum absolute atomic E-state index is 0.108. The minimum Gasteiger partial charge on any atom is -0.490 e.